The lowest BCUT2D eigenvalue weighted by molar-refractivity contribution is -0.241. The van der Waals surface area contributed by atoms with Crippen molar-refractivity contribution in [3.05, 3.63) is 36.4 Å². The molecule has 0 bridgehead atoms. The van der Waals surface area contributed by atoms with Gasteiger partial charge in [0.05, 0.1) is 4.90 Å². The van der Waals surface area contributed by atoms with Crippen molar-refractivity contribution >= 4 is 20.0 Å². The van der Waals surface area contributed by atoms with Gasteiger partial charge in [-0.25, -0.2) is 16.8 Å². The maximum atomic E-state index is 12.9. The summed E-state index contributed by atoms with van der Waals surface area (Å²) in [4.78, 5) is -1.29. The largest absolute Gasteiger partial charge is 0.471 e. The van der Waals surface area contributed by atoms with Crippen LogP contribution in [0.5, 0.6) is 5.75 Å². The van der Waals surface area contributed by atoms with Crippen LogP contribution in [0.1, 0.15) is 0 Å². The zero-order valence-corrected chi connectivity index (χ0v) is 13.3. The third kappa shape index (κ3) is 4.61. The lowest BCUT2D eigenvalue weighted by atomic mass is 10.3. The molecule has 0 saturated heterocycles. The summed E-state index contributed by atoms with van der Waals surface area (Å²) in [5.74, 6) is -0.946. The molecule has 0 saturated carbocycles. The molecule has 1 aromatic carbocycles. The number of alkyl halides is 5. The Kier molecular flexibility index (Phi) is 5.94. The van der Waals surface area contributed by atoms with Crippen LogP contribution in [0.25, 0.3) is 0 Å². The molecule has 0 aromatic heterocycles. The minimum absolute atomic E-state index is 0.164. The molecule has 0 spiro atoms. The lowest BCUT2D eigenvalue weighted by Gasteiger charge is -2.19. The van der Waals surface area contributed by atoms with E-state index in [1.807, 2.05) is 0 Å². The van der Waals surface area contributed by atoms with Crippen molar-refractivity contribution in [1.82, 2.24) is 4.13 Å². The first-order valence-corrected chi connectivity index (χ1v) is 8.69. The van der Waals surface area contributed by atoms with Crippen molar-refractivity contribution in [1.29, 1.82) is 0 Å². The quantitative estimate of drug-likeness (QED) is 0.549. The van der Waals surface area contributed by atoms with Crippen LogP contribution in [-0.2, 0) is 20.0 Å². The fourth-order valence-electron chi connectivity index (χ4n) is 1.24. The fourth-order valence-corrected chi connectivity index (χ4v) is 4.04. The second-order valence-electron chi connectivity index (χ2n) is 4.22. The van der Waals surface area contributed by atoms with Gasteiger partial charge in [-0.1, -0.05) is 10.2 Å². The molecule has 148 valence electrons. The van der Waals surface area contributed by atoms with Gasteiger partial charge < -0.3 is 4.74 Å². The van der Waals surface area contributed by atoms with Crippen molar-refractivity contribution in [3.63, 3.8) is 0 Å². The number of ether oxygens (including phenoxy) is 1. The summed E-state index contributed by atoms with van der Waals surface area (Å²) in [6.45, 7) is 0. The highest BCUT2D eigenvalue weighted by Gasteiger charge is 2.68. The average molecular weight is 435 g/mol. The zero-order chi connectivity index (χ0) is 20.6. The number of nitrogens with one attached hydrogen (secondary N) is 1. The Bertz CT molecular complexity index is 919. The molecule has 0 atom stereocenters. The second kappa shape index (κ2) is 6.99. The molecule has 16 heteroatoms. The van der Waals surface area contributed by atoms with Gasteiger partial charge in [0.1, 0.15) is 5.75 Å². The van der Waals surface area contributed by atoms with Crippen molar-refractivity contribution in [2.75, 3.05) is 0 Å². The summed E-state index contributed by atoms with van der Waals surface area (Å²) in [5.41, 5.74) is 0. The van der Waals surface area contributed by atoms with Crippen LogP contribution in [-0.4, -0.2) is 28.3 Å². The Morgan fingerprint density at radius 1 is 0.962 bits per heavy atom. The molecule has 0 radical (unpaired) electrons. The molecule has 0 aliphatic heterocycles. The number of sulfonamides is 2. The average Bonchev–Trinajstić information content (AvgIpc) is 2.45. The van der Waals surface area contributed by atoms with Gasteiger partial charge in [0, 0.05) is 6.07 Å². The number of benzene rings is 1. The highest BCUT2D eigenvalue weighted by molar-refractivity contribution is 8.05. The van der Waals surface area contributed by atoms with Gasteiger partial charge in [-0.15, -0.1) is 0 Å². The van der Waals surface area contributed by atoms with E-state index in [1.165, 1.54) is 0 Å². The van der Waals surface area contributed by atoms with E-state index in [0.717, 1.165) is 0 Å². The van der Waals surface area contributed by atoms with Crippen LogP contribution >= 0.6 is 0 Å². The molecule has 1 rings (SSSR count). The van der Waals surface area contributed by atoms with E-state index >= 15 is 0 Å². The summed E-state index contributed by atoms with van der Waals surface area (Å²) in [6.07, 6.45) is -9.57. The van der Waals surface area contributed by atoms with E-state index < -0.39 is 54.2 Å². The molecule has 0 unspecified atom stereocenters. The topological polar surface area (TPSA) is 89.5 Å². The molecule has 1 aromatic rings. The van der Waals surface area contributed by atoms with E-state index in [2.05, 4.69) is 4.74 Å². The van der Waals surface area contributed by atoms with E-state index in [0.29, 0.717) is 18.2 Å². The third-order valence-corrected chi connectivity index (χ3v) is 5.90. The van der Waals surface area contributed by atoms with Crippen molar-refractivity contribution in [2.45, 2.75) is 16.3 Å². The minimum atomic E-state index is -6.81. The van der Waals surface area contributed by atoms with Gasteiger partial charge in [-0.2, -0.15) is 35.1 Å². The Balaban J connectivity index is 3.26. The van der Waals surface area contributed by atoms with Gasteiger partial charge >= 0.3 is 33.5 Å². The molecule has 0 aliphatic carbocycles. The Hall–Kier alpha value is -1.94. The smallest absolute Gasteiger partial charge is 0.428 e. The van der Waals surface area contributed by atoms with Crippen LogP contribution in [0, 0.1) is 0 Å². The predicted octanol–water partition coefficient (Wildman–Crippen LogP) is 2.86. The van der Waals surface area contributed by atoms with Crippen molar-refractivity contribution in [2.24, 2.45) is 0 Å². The second-order valence-corrected chi connectivity index (χ2v) is 7.88. The van der Waals surface area contributed by atoms with Crippen LogP contribution in [0.4, 0.5) is 35.1 Å². The maximum absolute atomic E-state index is 12.9. The van der Waals surface area contributed by atoms with Crippen LogP contribution in [0.15, 0.2) is 41.3 Å². The Labute approximate surface area is 140 Å². The van der Waals surface area contributed by atoms with Gasteiger partial charge in [0.2, 0.25) is 0 Å². The Morgan fingerprint density at radius 3 is 1.96 bits per heavy atom. The number of hydrogen-bond donors (Lipinski definition) is 1. The van der Waals surface area contributed by atoms with Crippen LogP contribution < -0.4 is 8.86 Å². The van der Waals surface area contributed by atoms with Crippen molar-refractivity contribution < 1.29 is 56.7 Å². The minimum Gasteiger partial charge on any atom is -0.428 e. The molecular formula is C10H5F8NO5S2. The zero-order valence-electron chi connectivity index (χ0n) is 11.7. The molecular weight excluding hydrogens is 430 g/mol. The maximum Gasteiger partial charge on any atom is 0.471 e. The predicted molar refractivity (Wildman–Crippen MR) is 67.7 cm³/mol. The van der Waals surface area contributed by atoms with E-state index in [9.17, 15) is 52.0 Å². The summed E-state index contributed by atoms with van der Waals surface area (Å²) in [6, 6.07) is -0.373. The number of hydrogen-bond acceptors (Lipinski definition) is 5. The highest BCUT2D eigenvalue weighted by Crippen LogP contribution is 2.39. The fraction of sp³-hybridized carbons (Fsp3) is 0.200. The summed E-state index contributed by atoms with van der Waals surface area (Å²) in [7, 11) is -12.4. The summed E-state index contributed by atoms with van der Waals surface area (Å²) < 4.78 is 148. The first-order chi connectivity index (χ1) is 11.5. The molecule has 0 heterocycles. The van der Waals surface area contributed by atoms with Gasteiger partial charge in [-0.3, -0.25) is 0 Å². The van der Waals surface area contributed by atoms with Gasteiger partial charge in [-0.05, 0) is 12.1 Å². The van der Waals surface area contributed by atoms with Gasteiger partial charge in [0.15, 0.2) is 0 Å². The monoisotopic (exact) mass is 435 g/mol. The first-order valence-electron chi connectivity index (χ1n) is 5.72. The normalized spacial score (nSPS) is 13.4. The van der Waals surface area contributed by atoms with E-state index in [1.54, 1.807) is 0 Å². The molecule has 1 N–H and O–H groups in total. The van der Waals surface area contributed by atoms with E-state index in [-0.39, 0.29) is 10.2 Å². The molecule has 6 nitrogen and oxygen atoms in total. The van der Waals surface area contributed by atoms with Crippen LogP contribution in [0.3, 0.4) is 0 Å². The summed E-state index contributed by atoms with van der Waals surface area (Å²) in [5, 5.41) is -6.46. The van der Waals surface area contributed by atoms with Gasteiger partial charge in [0.25, 0.3) is 10.0 Å². The number of halogens is 8. The SMILES string of the molecule is O=S(=O)(NS(=O)(=O)C(F)(F)C(F)(F)F)c1cccc(OC(F)=C(F)F)c1. The van der Waals surface area contributed by atoms with Crippen molar-refractivity contribution in [3.8, 4) is 5.75 Å². The first kappa shape index (κ1) is 22.1. The standard InChI is InChI=1S/C10H5F8NO5S2/c11-7(12)8(13)24-5-2-1-3-6(4-5)25(20,21)19-26(22,23)10(17,18)9(14,15)16/h1-4,19H. The molecule has 0 aliphatic rings. The third-order valence-electron chi connectivity index (χ3n) is 2.36. The molecule has 26 heavy (non-hydrogen) atoms. The lowest BCUT2D eigenvalue weighted by Crippen LogP contribution is -2.51. The van der Waals surface area contributed by atoms with Crippen LogP contribution in [0.2, 0.25) is 0 Å². The summed E-state index contributed by atoms with van der Waals surface area (Å²) >= 11 is 0. The molecule has 0 amide bonds. The Morgan fingerprint density at radius 2 is 1.50 bits per heavy atom. The molecule has 0 fully saturated rings. The number of rotatable bonds is 6. The van der Waals surface area contributed by atoms with E-state index in [4.69, 9.17) is 0 Å². The highest BCUT2D eigenvalue weighted by atomic mass is 32.3.